The lowest BCUT2D eigenvalue weighted by Gasteiger charge is -2.09. The molecule has 2 aromatic heterocycles. The minimum Gasteiger partial charge on any atom is -0.477 e. The SMILES string of the molecule is Cc1c(C(=O)O)sc2nc(C)n(Cc3ccccc3)c(=O)c12. The maximum atomic E-state index is 12.7. The Morgan fingerprint density at radius 1 is 1.27 bits per heavy atom. The van der Waals surface area contributed by atoms with Gasteiger partial charge in [-0.25, -0.2) is 9.78 Å². The number of aromatic nitrogens is 2. The number of rotatable bonds is 3. The van der Waals surface area contributed by atoms with E-state index in [1.807, 2.05) is 30.3 Å². The largest absolute Gasteiger partial charge is 0.477 e. The zero-order chi connectivity index (χ0) is 15.9. The molecule has 3 rings (SSSR count). The lowest BCUT2D eigenvalue weighted by molar-refractivity contribution is 0.0701. The van der Waals surface area contributed by atoms with Crippen molar-refractivity contribution in [3.8, 4) is 0 Å². The van der Waals surface area contributed by atoms with E-state index in [1.54, 1.807) is 18.4 Å². The first kappa shape index (κ1) is 14.5. The van der Waals surface area contributed by atoms with Crippen LogP contribution >= 0.6 is 11.3 Å². The Labute approximate surface area is 130 Å². The number of fused-ring (bicyclic) bond motifs is 1. The lowest BCUT2D eigenvalue weighted by atomic mass is 10.2. The summed E-state index contributed by atoms with van der Waals surface area (Å²) in [7, 11) is 0. The number of hydrogen-bond donors (Lipinski definition) is 1. The number of benzene rings is 1. The van der Waals surface area contributed by atoms with Crippen LogP contribution in [0, 0.1) is 13.8 Å². The summed E-state index contributed by atoms with van der Waals surface area (Å²) in [6, 6.07) is 9.64. The Kier molecular flexibility index (Phi) is 3.54. The van der Waals surface area contributed by atoms with Crippen molar-refractivity contribution in [3.05, 3.63) is 62.5 Å². The summed E-state index contributed by atoms with van der Waals surface area (Å²) >= 11 is 1.05. The third-order valence-electron chi connectivity index (χ3n) is 3.62. The molecule has 2 heterocycles. The number of hydrogen-bond acceptors (Lipinski definition) is 4. The van der Waals surface area contributed by atoms with E-state index in [4.69, 9.17) is 0 Å². The van der Waals surface area contributed by atoms with Crippen molar-refractivity contribution in [2.45, 2.75) is 20.4 Å². The van der Waals surface area contributed by atoms with E-state index in [0.717, 1.165) is 16.9 Å². The maximum absolute atomic E-state index is 12.7. The average molecular weight is 314 g/mol. The van der Waals surface area contributed by atoms with Gasteiger partial charge in [0.1, 0.15) is 15.5 Å². The van der Waals surface area contributed by atoms with Gasteiger partial charge in [0.05, 0.1) is 11.9 Å². The Morgan fingerprint density at radius 3 is 2.59 bits per heavy atom. The Bertz CT molecular complexity index is 926. The zero-order valence-corrected chi connectivity index (χ0v) is 13.0. The molecule has 0 radical (unpaired) electrons. The molecular formula is C16H14N2O3S. The smallest absolute Gasteiger partial charge is 0.346 e. The van der Waals surface area contributed by atoms with Crippen molar-refractivity contribution in [2.24, 2.45) is 0 Å². The van der Waals surface area contributed by atoms with Crippen LogP contribution in [0.3, 0.4) is 0 Å². The Balaban J connectivity index is 2.22. The van der Waals surface area contributed by atoms with Crippen LogP contribution in [0.25, 0.3) is 10.2 Å². The summed E-state index contributed by atoms with van der Waals surface area (Å²) in [6.07, 6.45) is 0. The first-order chi connectivity index (χ1) is 10.5. The highest BCUT2D eigenvalue weighted by molar-refractivity contribution is 7.20. The monoisotopic (exact) mass is 314 g/mol. The molecule has 0 aliphatic rings. The minimum absolute atomic E-state index is 0.177. The highest BCUT2D eigenvalue weighted by atomic mass is 32.1. The van der Waals surface area contributed by atoms with Crippen molar-refractivity contribution in [1.82, 2.24) is 9.55 Å². The molecule has 0 saturated carbocycles. The summed E-state index contributed by atoms with van der Waals surface area (Å²) in [5.74, 6) is -0.438. The first-order valence-electron chi connectivity index (χ1n) is 6.76. The quantitative estimate of drug-likeness (QED) is 0.807. The Morgan fingerprint density at radius 2 is 1.95 bits per heavy atom. The molecule has 0 aliphatic heterocycles. The van der Waals surface area contributed by atoms with E-state index in [2.05, 4.69) is 4.98 Å². The molecule has 0 amide bonds. The predicted octanol–water partition coefficient (Wildman–Crippen LogP) is 2.82. The molecule has 1 N–H and O–H groups in total. The summed E-state index contributed by atoms with van der Waals surface area (Å²) in [4.78, 5) is 29.1. The molecule has 0 saturated heterocycles. The van der Waals surface area contributed by atoms with Crippen molar-refractivity contribution in [3.63, 3.8) is 0 Å². The zero-order valence-electron chi connectivity index (χ0n) is 12.2. The molecule has 1 aromatic carbocycles. The molecule has 22 heavy (non-hydrogen) atoms. The number of aromatic carboxylic acids is 1. The van der Waals surface area contributed by atoms with Gasteiger partial charge in [-0.3, -0.25) is 9.36 Å². The number of carbonyl (C=O) groups is 1. The molecule has 3 aromatic rings. The standard InChI is InChI=1S/C16H14N2O3S/c1-9-12-14(22-13(9)16(20)21)17-10(2)18(15(12)19)8-11-6-4-3-5-7-11/h3-7H,8H2,1-2H3,(H,20,21). The van der Waals surface area contributed by atoms with Crippen LogP contribution in [-0.4, -0.2) is 20.6 Å². The van der Waals surface area contributed by atoms with Gasteiger partial charge in [0, 0.05) is 0 Å². The second kappa shape index (κ2) is 5.38. The van der Waals surface area contributed by atoms with Gasteiger partial charge in [0.25, 0.3) is 5.56 Å². The molecule has 6 heteroatoms. The fourth-order valence-electron chi connectivity index (χ4n) is 2.47. The van der Waals surface area contributed by atoms with Crippen molar-refractivity contribution in [2.75, 3.05) is 0 Å². The van der Waals surface area contributed by atoms with E-state index in [0.29, 0.717) is 28.1 Å². The van der Waals surface area contributed by atoms with Crippen molar-refractivity contribution < 1.29 is 9.90 Å². The van der Waals surface area contributed by atoms with Gasteiger partial charge in [-0.1, -0.05) is 30.3 Å². The van der Waals surface area contributed by atoms with Crippen LogP contribution in [-0.2, 0) is 6.54 Å². The van der Waals surface area contributed by atoms with Crippen LogP contribution in [0.5, 0.6) is 0 Å². The number of carboxylic acid groups (broad SMARTS) is 1. The van der Waals surface area contributed by atoms with Gasteiger partial charge >= 0.3 is 5.97 Å². The summed E-state index contributed by atoms with van der Waals surface area (Å²) < 4.78 is 1.59. The van der Waals surface area contributed by atoms with Gasteiger partial charge < -0.3 is 5.11 Å². The average Bonchev–Trinajstić information content (AvgIpc) is 2.81. The van der Waals surface area contributed by atoms with E-state index in [-0.39, 0.29) is 10.4 Å². The molecule has 0 fully saturated rings. The second-order valence-corrected chi connectivity index (χ2v) is 6.08. The topological polar surface area (TPSA) is 72.2 Å². The fraction of sp³-hybridized carbons (Fsp3) is 0.188. The molecule has 0 unspecified atom stereocenters. The van der Waals surface area contributed by atoms with Crippen LogP contribution < -0.4 is 5.56 Å². The lowest BCUT2D eigenvalue weighted by Crippen LogP contribution is -2.24. The highest BCUT2D eigenvalue weighted by Gasteiger charge is 2.20. The van der Waals surface area contributed by atoms with Gasteiger partial charge in [-0.15, -0.1) is 11.3 Å². The molecule has 112 valence electrons. The summed E-state index contributed by atoms with van der Waals surface area (Å²) in [6.45, 7) is 3.85. The van der Waals surface area contributed by atoms with Gasteiger partial charge in [0.2, 0.25) is 0 Å². The van der Waals surface area contributed by atoms with Crippen LogP contribution in [0.2, 0.25) is 0 Å². The minimum atomic E-state index is -1.02. The molecule has 0 bridgehead atoms. The predicted molar refractivity (Wildman–Crippen MR) is 85.9 cm³/mol. The van der Waals surface area contributed by atoms with Crippen LogP contribution in [0.15, 0.2) is 35.1 Å². The highest BCUT2D eigenvalue weighted by Crippen LogP contribution is 2.27. The first-order valence-corrected chi connectivity index (χ1v) is 7.58. The summed E-state index contributed by atoms with van der Waals surface area (Å²) in [5, 5.41) is 9.61. The van der Waals surface area contributed by atoms with Crippen molar-refractivity contribution >= 4 is 27.5 Å². The van der Waals surface area contributed by atoms with E-state index in [9.17, 15) is 14.7 Å². The Hall–Kier alpha value is -2.47. The maximum Gasteiger partial charge on any atom is 0.346 e. The van der Waals surface area contributed by atoms with E-state index in [1.165, 1.54) is 0 Å². The van der Waals surface area contributed by atoms with Crippen LogP contribution in [0.1, 0.15) is 26.6 Å². The van der Waals surface area contributed by atoms with E-state index >= 15 is 0 Å². The molecular weight excluding hydrogens is 300 g/mol. The summed E-state index contributed by atoms with van der Waals surface area (Å²) in [5.41, 5.74) is 1.31. The number of nitrogens with zero attached hydrogens (tertiary/aromatic N) is 2. The van der Waals surface area contributed by atoms with Gasteiger partial charge in [-0.05, 0) is 25.0 Å². The third kappa shape index (κ3) is 2.31. The third-order valence-corrected chi connectivity index (χ3v) is 4.79. The molecule has 0 atom stereocenters. The second-order valence-electron chi connectivity index (χ2n) is 5.08. The number of carboxylic acids is 1. The van der Waals surface area contributed by atoms with Gasteiger partial charge in [-0.2, -0.15) is 0 Å². The molecule has 0 aliphatic carbocycles. The fourth-order valence-corrected chi connectivity index (χ4v) is 3.53. The number of aryl methyl sites for hydroxylation is 2. The number of thiophene rings is 1. The van der Waals surface area contributed by atoms with Gasteiger partial charge in [0.15, 0.2) is 0 Å². The van der Waals surface area contributed by atoms with Crippen LogP contribution in [0.4, 0.5) is 0 Å². The molecule has 0 spiro atoms. The molecule has 5 nitrogen and oxygen atoms in total. The van der Waals surface area contributed by atoms with E-state index < -0.39 is 5.97 Å². The van der Waals surface area contributed by atoms with Crippen molar-refractivity contribution in [1.29, 1.82) is 0 Å². The normalized spacial score (nSPS) is 11.0.